The summed E-state index contributed by atoms with van der Waals surface area (Å²) < 4.78 is 10.00. The summed E-state index contributed by atoms with van der Waals surface area (Å²) in [6.45, 7) is 10.3. The Kier molecular flexibility index (Phi) is 17.6. The van der Waals surface area contributed by atoms with E-state index in [9.17, 15) is 0 Å². The van der Waals surface area contributed by atoms with Gasteiger partial charge in [0.05, 0.1) is 41.4 Å². The minimum Gasteiger partial charge on any atom is -1.00 e. The van der Waals surface area contributed by atoms with E-state index in [2.05, 4.69) is 41.3 Å². The average Bonchev–Trinajstić information content (AvgIpc) is 3.04. The molecule has 0 radical (unpaired) electrons. The van der Waals surface area contributed by atoms with Crippen molar-refractivity contribution in [2.75, 3.05) is 54.5 Å². The number of epoxide rings is 2. The number of rotatable bonds is 4. The zero-order valence-corrected chi connectivity index (χ0v) is 13.5. The lowest BCUT2D eigenvalue weighted by Gasteiger charge is -2.01. The average molecular weight is 303 g/mol. The number of hydrogen-bond acceptors (Lipinski definition) is 2. The SMILES string of the molecule is C=C.C[NH+](C)CC1CO1.C[NH+](C)CC1CO1.[Cl-].[Cl-]. The molecule has 0 amide bonds. The molecule has 2 atom stereocenters. The molecule has 0 spiro atoms. The van der Waals surface area contributed by atoms with Crippen molar-refractivity contribution < 1.29 is 44.1 Å². The summed E-state index contributed by atoms with van der Waals surface area (Å²) in [5.74, 6) is 0. The molecule has 0 aromatic heterocycles. The van der Waals surface area contributed by atoms with E-state index < -0.39 is 0 Å². The second kappa shape index (κ2) is 13.6. The van der Waals surface area contributed by atoms with Crippen LogP contribution in [0.5, 0.6) is 0 Å². The first-order valence-corrected chi connectivity index (χ1v) is 5.89. The molecule has 2 fully saturated rings. The van der Waals surface area contributed by atoms with Crippen LogP contribution in [-0.4, -0.2) is 66.7 Å². The maximum atomic E-state index is 5.00. The lowest BCUT2D eigenvalue weighted by molar-refractivity contribution is -0.858. The highest BCUT2D eigenvalue weighted by Crippen LogP contribution is 2.04. The Bertz CT molecular complexity index is 157. The highest BCUT2D eigenvalue weighted by Gasteiger charge is 2.25. The lowest BCUT2D eigenvalue weighted by atomic mass is 10.5. The van der Waals surface area contributed by atoms with Crippen molar-refractivity contribution >= 4 is 0 Å². The van der Waals surface area contributed by atoms with Gasteiger partial charge in [0.25, 0.3) is 0 Å². The van der Waals surface area contributed by atoms with Gasteiger partial charge < -0.3 is 44.1 Å². The van der Waals surface area contributed by atoms with Gasteiger partial charge in [0.2, 0.25) is 0 Å². The smallest absolute Gasteiger partial charge is 0.130 e. The van der Waals surface area contributed by atoms with Gasteiger partial charge in [-0.1, -0.05) is 0 Å². The first kappa shape index (κ1) is 23.3. The Labute approximate surface area is 124 Å². The highest BCUT2D eigenvalue weighted by atomic mass is 35.5. The van der Waals surface area contributed by atoms with Gasteiger partial charge in [-0.25, -0.2) is 0 Å². The largest absolute Gasteiger partial charge is 1.00 e. The molecule has 4 nitrogen and oxygen atoms in total. The van der Waals surface area contributed by atoms with Crippen molar-refractivity contribution in [1.29, 1.82) is 0 Å². The van der Waals surface area contributed by atoms with Crippen molar-refractivity contribution in [3.05, 3.63) is 13.2 Å². The molecule has 2 rings (SSSR count). The first-order chi connectivity index (χ1) is 7.58. The summed E-state index contributed by atoms with van der Waals surface area (Å²) in [5, 5.41) is 0. The zero-order chi connectivity index (χ0) is 12.6. The molecule has 112 valence electrons. The Hall–Kier alpha value is 0.160. The van der Waals surface area contributed by atoms with Crippen LogP contribution in [0, 0.1) is 0 Å². The van der Waals surface area contributed by atoms with Crippen LogP contribution < -0.4 is 34.6 Å². The fourth-order valence-corrected chi connectivity index (χ4v) is 1.28. The van der Waals surface area contributed by atoms with Crippen LogP contribution >= 0.6 is 0 Å². The normalized spacial score (nSPS) is 22.6. The van der Waals surface area contributed by atoms with E-state index >= 15 is 0 Å². The van der Waals surface area contributed by atoms with Gasteiger partial charge >= 0.3 is 0 Å². The quantitative estimate of drug-likeness (QED) is 0.400. The molecule has 0 saturated carbocycles. The van der Waals surface area contributed by atoms with Crippen LogP contribution in [0.2, 0.25) is 0 Å². The molecule has 6 heteroatoms. The highest BCUT2D eigenvalue weighted by molar-refractivity contribution is 4.65. The molecule has 2 unspecified atom stereocenters. The van der Waals surface area contributed by atoms with Gasteiger partial charge in [0, 0.05) is 0 Å². The monoisotopic (exact) mass is 302 g/mol. The topological polar surface area (TPSA) is 33.9 Å². The van der Waals surface area contributed by atoms with Gasteiger partial charge in [-0.15, -0.1) is 13.2 Å². The molecule has 2 aliphatic heterocycles. The molecule has 0 bridgehead atoms. The van der Waals surface area contributed by atoms with Gasteiger partial charge in [0.15, 0.2) is 0 Å². The van der Waals surface area contributed by atoms with Crippen LogP contribution in [-0.2, 0) is 9.47 Å². The molecule has 18 heavy (non-hydrogen) atoms. The van der Waals surface area contributed by atoms with Crippen molar-refractivity contribution in [3.8, 4) is 0 Å². The molecule has 0 aromatic rings. The predicted molar refractivity (Wildman–Crippen MR) is 66.1 cm³/mol. The second-order valence-electron chi connectivity index (χ2n) is 4.73. The summed E-state index contributed by atoms with van der Waals surface area (Å²) in [5.41, 5.74) is 0. The van der Waals surface area contributed by atoms with Crippen LogP contribution in [0.15, 0.2) is 13.2 Å². The number of nitrogens with one attached hydrogen (secondary N) is 2. The van der Waals surface area contributed by atoms with E-state index in [0.717, 1.165) is 13.2 Å². The van der Waals surface area contributed by atoms with Crippen molar-refractivity contribution in [3.63, 3.8) is 0 Å². The predicted octanol–water partition coefficient (Wildman–Crippen LogP) is -8.13. The maximum Gasteiger partial charge on any atom is 0.130 e. The molecule has 0 aliphatic carbocycles. The van der Waals surface area contributed by atoms with Crippen LogP contribution in [0.1, 0.15) is 0 Å². The third-order valence-corrected chi connectivity index (χ3v) is 2.08. The standard InChI is InChI=1S/2C5H11NO.C2H4.2ClH/c2*1-6(2)3-5-4-7-5;1-2;;/h2*5H,3-4H2,1-2H3;1-2H2;2*1H. The van der Waals surface area contributed by atoms with Gasteiger partial charge in [-0.2, -0.15) is 0 Å². The molecule has 0 aromatic carbocycles. The van der Waals surface area contributed by atoms with E-state index in [-0.39, 0.29) is 24.8 Å². The molecule has 2 saturated heterocycles. The van der Waals surface area contributed by atoms with Crippen LogP contribution in [0.4, 0.5) is 0 Å². The number of quaternary nitrogens is 2. The minimum atomic E-state index is 0. The summed E-state index contributed by atoms with van der Waals surface area (Å²) in [6, 6.07) is 0. The number of likely N-dealkylation sites (N-methyl/N-ethyl adjacent to an activating group) is 2. The third-order valence-electron chi connectivity index (χ3n) is 2.08. The van der Waals surface area contributed by atoms with E-state index in [1.807, 2.05) is 0 Å². The lowest BCUT2D eigenvalue weighted by Crippen LogP contribution is -3.06. The van der Waals surface area contributed by atoms with E-state index in [4.69, 9.17) is 9.47 Å². The zero-order valence-electron chi connectivity index (χ0n) is 12.0. The fourth-order valence-electron chi connectivity index (χ4n) is 1.28. The van der Waals surface area contributed by atoms with Crippen LogP contribution in [0.3, 0.4) is 0 Å². The third kappa shape index (κ3) is 18.5. The van der Waals surface area contributed by atoms with E-state index in [1.54, 1.807) is 0 Å². The van der Waals surface area contributed by atoms with Crippen molar-refractivity contribution in [1.82, 2.24) is 0 Å². The molecule has 2 N–H and O–H groups in total. The Morgan fingerprint density at radius 2 is 1.06 bits per heavy atom. The number of hydrogen-bond donors (Lipinski definition) is 2. The van der Waals surface area contributed by atoms with Gasteiger partial charge in [-0.3, -0.25) is 0 Å². The summed E-state index contributed by atoms with van der Waals surface area (Å²) >= 11 is 0. The Morgan fingerprint density at radius 3 is 1.11 bits per heavy atom. The summed E-state index contributed by atoms with van der Waals surface area (Å²) in [6.07, 6.45) is 1.18. The van der Waals surface area contributed by atoms with Crippen LogP contribution in [0.25, 0.3) is 0 Å². The fraction of sp³-hybridized carbons (Fsp3) is 0.833. The molecular formula is C12H28Cl2N2O2. The first-order valence-electron chi connectivity index (χ1n) is 5.89. The second-order valence-corrected chi connectivity index (χ2v) is 4.73. The van der Waals surface area contributed by atoms with E-state index in [1.165, 1.54) is 22.9 Å². The van der Waals surface area contributed by atoms with E-state index in [0.29, 0.717) is 12.2 Å². The maximum absolute atomic E-state index is 5.00. The summed E-state index contributed by atoms with van der Waals surface area (Å²) in [4.78, 5) is 2.95. The number of halogens is 2. The van der Waals surface area contributed by atoms with Crippen molar-refractivity contribution in [2.45, 2.75) is 12.2 Å². The van der Waals surface area contributed by atoms with Crippen molar-refractivity contribution in [2.24, 2.45) is 0 Å². The Balaban J connectivity index is -0.000000200. The Morgan fingerprint density at radius 1 is 0.833 bits per heavy atom. The molecule has 2 aliphatic rings. The van der Waals surface area contributed by atoms with Gasteiger partial charge in [0.1, 0.15) is 25.3 Å². The molecular weight excluding hydrogens is 275 g/mol. The minimum absolute atomic E-state index is 0. The summed E-state index contributed by atoms with van der Waals surface area (Å²) in [7, 11) is 8.56. The van der Waals surface area contributed by atoms with Gasteiger partial charge in [-0.05, 0) is 0 Å². The molecule has 2 heterocycles. The number of ether oxygens (including phenoxy) is 2.